The monoisotopic (exact) mass is 791 g/mol. The smallest absolute Gasteiger partial charge is 0.316 e. The first-order valence-electron chi connectivity index (χ1n) is 20.8. The SMILES string of the molecule is COC(=O)C(c1cc(N2CCC(C3(N4CCC(O)CC4)CC3)CC2)no1)C(C)C.Nc1nnc(Cl)cc1N1CC2CCC(C1)N2c1ccnc(OC2CCC2)c1. The predicted octanol–water partition coefficient (Wildman–Crippen LogP) is 5.69. The molecule has 0 aromatic carbocycles. The molecular weight excluding hydrogens is 734 g/mol. The van der Waals surface area contributed by atoms with E-state index in [4.69, 9.17) is 31.3 Å². The molecule has 15 heteroatoms. The number of aliphatic hydroxyl groups is 1. The van der Waals surface area contributed by atoms with Crippen molar-refractivity contribution in [2.45, 2.75) is 120 Å². The number of esters is 1. The standard InChI is InChI=1S/C22H35N3O4.C19H23ClN6O/c1-15(2)20(21(27)28-3)18-14-19(23-29-18)24-10-4-16(5-11-24)22(8-9-22)25-12-6-17(26)7-13-25;20-17-9-16(19(21)24-23-17)25-10-13-4-5-14(11-25)26(13)12-6-7-22-18(8-12)27-15-2-1-3-15/h14-17,20,26H,4-13H2,1-3H3;6-9,13-15H,1-5,10-11H2,(H2,21,24). The molecule has 4 saturated heterocycles. The number of rotatable bonds is 10. The van der Waals surface area contributed by atoms with E-state index in [0.717, 1.165) is 114 Å². The van der Waals surface area contributed by atoms with Gasteiger partial charge in [0, 0.05) is 87.0 Å². The summed E-state index contributed by atoms with van der Waals surface area (Å²) in [5.41, 5.74) is 8.52. The van der Waals surface area contributed by atoms with Gasteiger partial charge in [0.15, 0.2) is 22.5 Å². The van der Waals surface area contributed by atoms with Crippen molar-refractivity contribution >= 4 is 40.6 Å². The summed E-state index contributed by atoms with van der Waals surface area (Å²) in [6.45, 7) is 9.79. The van der Waals surface area contributed by atoms with Crippen LogP contribution >= 0.6 is 11.6 Å². The van der Waals surface area contributed by atoms with Gasteiger partial charge in [-0.1, -0.05) is 30.6 Å². The number of carbonyl (C=O) groups is 1. The summed E-state index contributed by atoms with van der Waals surface area (Å²) >= 11 is 6.04. The minimum atomic E-state index is -0.414. The van der Waals surface area contributed by atoms with Gasteiger partial charge < -0.3 is 39.5 Å². The Balaban J connectivity index is 0.000000158. The van der Waals surface area contributed by atoms with Gasteiger partial charge in [0.25, 0.3) is 0 Å². The molecule has 0 spiro atoms. The Morgan fingerprint density at radius 2 is 1.68 bits per heavy atom. The number of aliphatic hydroxyl groups excluding tert-OH is 1. The summed E-state index contributed by atoms with van der Waals surface area (Å²) in [6.07, 6.45) is 14.7. The number of pyridine rings is 1. The van der Waals surface area contributed by atoms with E-state index in [1.807, 2.05) is 32.2 Å². The molecule has 304 valence electrons. The van der Waals surface area contributed by atoms with Crippen LogP contribution in [0.5, 0.6) is 5.88 Å². The molecule has 3 N–H and O–H groups in total. The number of carbonyl (C=O) groups excluding carboxylic acids is 1. The predicted molar refractivity (Wildman–Crippen MR) is 215 cm³/mol. The number of nitrogens with two attached hydrogens (primary N) is 1. The van der Waals surface area contributed by atoms with Crippen molar-refractivity contribution in [1.29, 1.82) is 0 Å². The molecule has 14 nitrogen and oxygen atoms in total. The average Bonchev–Trinajstić information content (AvgIpc) is 3.78. The average molecular weight is 792 g/mol. The van der Waals surface area contributed by atoms with Crippen LogP contribution in [-0.4, -0.2) is 113 Å². The molecule has 6 fully saturated rings. The molecule has 7 heterocycles. The van der Waals surface area contributed by atoms with Gasteiger partial charge in [0.05, 0.1) is 18.9 Å². The number of ether oxygens (including phenoxy) is 2. The highest BCUT2D eigenvalue weighted by atomic mass is 35.5. The van der Waals surface area contributed by atoms with Crippen LogP contribution in [0.3, 0.4) is 0 Å². The Morgan fingerprint density at radius 1 is 0.964 bits per heavy atom. The van der Waals surface area contributed by atoms with E-state index in [2.05, 4.69) is 52.1 Å². The van der Waals surface area contributed by atoms with Crippen molar-refractivity contribution in [3.05, 3.63) is 41.4 Å². The molecule has 3 aromatic rings. The van der Waals surface area contributed by atoms with Gasteiger partial charge in [-0.2, -0.15) is 0 Å². The summed E-state index contributed by atoms with van der Waals surface area (Å²) in [7, 11) is 1.41. The van der Waals surface area contributed by atoms with E-state index in [0.29, 0.717) is 40.5 Å². The Hall–Kier alpha value is -3.88. The largest absolute Gasteiger partial charge is 0.474 e. The van der Waals surface area contributed by atoms with Crippen LogP contribution in [-0.2, 0) is 9.53 Å². The fourth-order valence-electron chi connectivity index (χ4n) is 9.91. The molecule has 3 atom stereocenters. The summed E-state index contributed by atoms with van der Waals surface area (Å²) in [5, 5.41) is 22.3. The molecule has 0 amide bonds. The minimum Gasteiger partial charge on any atom is -0.474 e. The lowest BCUT2D eigenvalue weighted by molar-refractivity contribution is -0.144. The van der Waals surface area contributed by atoms with E-state index < -0.39 is 5.92 Å². The number of piperidine rings is 2. The molecule has 2 saturated carbocycles. The Morgan fingerprint density at radius 3 is 2.30 bits per heavy atom. The molecule has 3 aromatic heterocycles. The first-order chi connectivity index (χ1) is 27.1. The maximum absolute atomic E-state index is 12.1. The van der Waals surface area contributed by atoms with Crippen LogP contribution in [0.15, 0.2) is 35.0 Å². The fraction of sp³-hybridized carbons (Fsp3) is 0.683. The van der Waals surface area contributed by atoms with E-state index in [9.17, 15) is 9.90 Å². The number of anilines is 4. The Labute approximate surface area is 335 Å². The lowest BCUT2D eigenvalue weighted by Crippen LogP contribution is -2.54. The molecule has 6 aliphatic rings. The molecule has 4 aliphatic heterocycles. The second kappa shape index (κ2) is 16.5. The number of fused-ring (bicyclic) bond motifs is 2. The Bertz CT molecular complexity index is 1790. The maximum atomic E-state index is 12.1. The third-order valence-corrected chi connectivity index (χ3v) is 13.5. The van der Waals surface area contributed by atoms with Gasteiger partial charge in [-0.05, 0) is 88.5 Å². The third kappa shape index (κ3) is 8.11. The van der Waals surface area contributed by atoms with E-state index in [1.54, 1.807) is 0 Å². The molecular formula is C41H58ClN9O5. The highest BCUT2D eigenvalue weighted by Gasteiger charge is 2.54. The third-order valence-electron chi connectivity index (χ3n) is 13.3. The van der Waals surface area contributed by atoms with Crippen LogP contribution in [0.2, 0.25) is 5.15 Å². The van der Waals surface area contributed by atoms with Crippen molar-refractivity contribution in [2.24, 2.45) is 11.8 Å². The zero-order valence-electron chi connectivity index (χ0n) is 33.1. The van der Waals surface area contributed by atoms with Gasteiger partial charge in [-0.15, -0.1) is 10.2 Å². The molecule has 3 unspecified atom stereocenters. The number of nitrogen functional groups attached to an aromatic ring is 1. The van der Waals surface area contributed by atoms with Gasteiger partial charge in [-0.25, -0.2) is 4.98 Å². The first-order valence-corrected chi connectivity index (χ1v) is 21.2. The zero-order chi connectivity index (χ0) is 39.0. The van der Waals surface area contributed by atoms with E-state index in [-0.39, 0.29) is 18.0 Å². The van der Waals surface area contributed by atoms with Crippen LogP contribution in [0.4, 0.5) is 23.0 Å². The fourth-order valence-corrected chi connectivity index (χ4v) is 10.1. The summed E-state index contributed by atoms with van der Waals surface area (Å²) in [4.78, 5) is 26.3. The van der Waals surface area contributed by atoms with Gasteiger partial charge in [0.2, 0.25) is 5.88 Å². The van der Waals surface area contributed by atoms with Gasteiger partial charge in [0.1, 0.15) is 12.0 Å². The second-order valence-corrected chi connectivity index (χ2v) is 17.5. The second-order valence-electron chi connectivity index (χ2n) is 17.1. The molecule has 2 bridgehead atoms. The van der Waals surface area contributed by atoms with E-state index in [1.165, 1.54) is 32.1 Å². The molecule has 56 heavy (non-hydrogen) atoms. The molecule has 0 radical (unpaired) electrons. The lowest BCUT2D eigenvalue weighted by atomic mass is 9.85. The maximum Gasteiger partial charge on any atom is 0.316 e. The van der Waals surface area contributed by atoms with Crippen molar-refractivity contribution in [1.82, 2.24) is 25.2 Å². The summed E-state index contributed by atoms with van der Waals surface area (Å²) in [6, 6.07) is 8.77. The van der Waals surface area contributed by atoms with Crippen LogP contribution < -0.4 is 25.2 Å². The minimum absolute atomic E-state index is 0.0896. The number of piperazine rings is 1. The van der Waals surface area contributed by atoms with E-state index >= 15 is 0 Å². The number of halogens is 1. The van der Waals surface area contributed by atoms with Crippen molar-refractivity contribution < 1.29 is 23.9 Å². The normalized spacial score (nSPS) is 24.7. The lowest BCUT2D eigenvalue weighted by Gasteiger charge is -2.44. The van der Waals surface area contributed by atoms with Crippen LogP contribution in [0, 0.1) is 11.8 Å². The highest BCUT2D eigenvalue weighted by Crippen LogP contribution is 2.52. The quantitative estimate of drug-likeness (QED) is 0.241. The summed E-state index contributed by atoms with van der Waals surface area (Å²) in [5.74, 6) is 2.73. The number of methoxy groups -OCH3 is 1. The molecule has 2 aliphatic carbocycles. The van der Waals surface area contributed by atoms with Crippen molar-refractivity contribution in [3.63, 3.8) is 0 Å². The molecule has 9 rings (SSSR count). The number of nitrogens with zero attached hydrogens (tertiary/aromatic N) is 8. The topological polar surface area (TPSA) is 159 Å². The van der Waals surface area contributed by atoms with Crippen molar-refractivity contribution in [3.8, 4) is 5.88 Å². The summed E-state index contributed by atoms with van der Waals surface area (Å²) < 4.78 is 16.5. The van der Waals surface area contributed by atoms with Crippen molar-refractivity contribution in [2.75, 3.05) is 66.8 Å². The number of likely N-dealkylation sites (tertiary alicyclic amines) is 1. The number of hydrogen-bond acceptors (Lipinski definition) is 14. The first kappa shape index (κ1) is 39.0. The van der Waals surface area contributed by atoms with Crippen LogP contribution in [0.25, 0.3) is 0 Å². The zero-order valence-corrected chi connectivity index (χ0v) is 33.8. The number of hydrogen-bond donors (Lipinski definition) is 2. The Kier molecular flexibility index (Phi) is 11.5. The van der Waals surface area contributed by atoms with Crippen LogP contribution in [0.1, 0.15) is 96.2 Å². The van der Waals surface area contributed by atoms with Gasteiger partial charge in [-0.3, -0.25) is 9.69 Å². The number of aromatic nitrogens is 4. The van der Waals surface area contributed by atoms with Gasteiger partial charge >= 0.3 is 5.97 Å². The highest BCUT2D eigenvalue weighted by molar-refractivity contribution is 6.29.